The van der Waals surface area contributed by atoms with Gasteiger partial charge in [0.1, 0.15) is 0 Å². The highest BCUT2D eigenvalue weighted by Crippen LogP contribution is 2.31. The summed E-state index contributed by atoms with van der Waals surface area (Å²) in [5, 5.41) is 38.2. The molecule has 0 aliphatic heterocycles. The lowest BCUT2D eigenvalue weighted by Gasteiger charge is -2.23. The highest BCUT2D eigenvalue weighted by Gasteiger charge is 2.33. The van der Waals surface area contributed by atoms with Crippen LogP contribution in [0.15, 0.2) is 30.3 Å². The van der Waals surface area contributed by atoms with E-state index < -0.39 is 24.1 Å². The fraction of sp³-hybridized carbons (Fsp3) is 0.500. The van der Waals surface area contributed by atoms with Crippen LogP contribution in [-0.2, 0) is 11.4 Å². The van der Waals surface area contributed by atoms with Gasteiger partial charge >= 0.3 is 5.97 Å². The lowest BCUT2D eigenvalue weighted by molar-refractivity contribution is -0.141. The van der Waals surface area contributed by atoms with Crippen molar-refractivity contribution >= 4 is 12.0 Å². The number of aliphatic hydroxyl groups excluding tert-OH is 3. The summed E-state index contributed by atoms with van der Waals surface area (Å²) in [7, 11) is 0. The molecule has 5 nitrogen and oxygen atoms in total. The van der Waals surface area contributed by atoms with Gasteiger partial charge in [-0.3, -0.25) is 4.79 Å². The van der Waals surface area contributed by atoms with E-state index in [0.717, 1.165) is 17.5 Å². The minimum Gasteiger partial charge on any atom is -0.481 e. The van der Waals surface area contributed by atoms with Gasteiger partial charge in [0.25, 0.3) is 0 Å². The molecule has 4 atom stereocenters. The third-order valence-electron chi connectivity index (χ3n) is 4.50. The third kappa shape index (κ3) is 5.16. The van der Waals surface area contributed by atoms with E-state index in [-0.39, 0.29) is 18.9 Å². The van der Waals surface area contributed by atoms with Crippen LogP contribution in [0.2, 0.25) is 0 Å². The van der Waals surface area contributed by atoms with Crippen LogP contribution in [0.1, 0.15) is 36.8 Å². The zero-order valence-electron chi connectivity index (χ0n) is 13.0. The Balaban J connectivity index is 2.00. The number of hydrogen-bond donors (Lipinski definition) is 4. The van der Waals surface area contributed by atoms with E-state index in [1.54, 1.807) is 0 Å². The lowest BCUT2D eigenvalue weighted by Crippen LogP contribution is -2.32. The van der Waals surface area contributed by atoms with Gasteiger partial charge in [-0.2, -0.15) is 0 Å². The predicted molar refractivity (Wildman–Crippen MR) is 86.5 cm³/mol. The Morgan fingerprint density at radius 2 is 1.83 bits per heavy atom. The number of carboxylic acids is 1. The third-order valence-corrected chi connectivity index (χ3v) is 4.50. The topological polar surface area (TPSA) is 98.0 Å². The number of hydrogen-bond acceptors (Lipinski definition) is 4. The number of allylic oxidation sites excluding steroid dienone is 1. The predicted octanol–water partition coefficient (Wildman–Crippen LogP) is 1.80. The average Bonchev–Trinajstić information content (AvgIpc) is 2.66. The minimum absolute atomic E-state index is 0.0155. The average molecular weight is 320 g/mol. The van der Waals surface area contributed by atoms with Crippen molar-refractivity contribution in [2.45, 2.75) is 44.5 Å². The molecule has 1 fully saturated rings. The largest absolute Gasteiger partial charge is 0.481 e. The number of aliphatic carboxylic acids is 1. The molecule has 0 aromatic heterocycles. The van der Waals surface area contributed by atoms with E-state index in [0.29, 0.717) is 12.8 Å². The molecule has 0 amide bonds. The van der Waals surface area contributed by atoms with Crippen LogP contribution < -0.4 is 0 Å². The van der Waals surface area contributed by atoms with Gasteiger partial charge in [-0.25, -0.2) is 0 Å². The summed E-state index contributed by atoms with van der Waals surface area (Å²) in [5.74, 6) is -1.49. The van der Waals surface area contributed by atoms with Crippen LogP contribution in [0.5, 0.6) is 0 Å². The van der Waals surface area contributed by atoms with Crippen LogP contribution in [0, 0.1) is 11.8 Å². The summed E-state index contributed by atoms with van der Waals surface area (Å²) in [5.41, 5.74) is 1.86. The fourth-order valence-electron chi connectivity index (χ4n) is 3.09. The Bertz CT molecular complexity index is 537. The summed E-state index contributed by atoms with van der Waals surface area (Å²) < 4.78 is 0. The van der Waals surface area contributed by atoms with Gasteiger partial charge in [0.2, 0.25) is 0 Å². The minimum atomic E-state index is -0.994. The molecular formula is C18H24O5. The Hall–Kier alpha value is -1.69. The molecule has 0 spiro atoms. The van der Waals surface area contributed by atoms with Crippen molar-refractivity contribution in [3.63, 3.8) is 0 Å². The molecule has 126 valence electrons. The maximum Gasteiger partial charge on any atom is 0.303 e. The molecule has 0 heterocycles. The molecule has 1 aliphatic rings. The number of carbonyl (C=O) groups is 1. The molecule has 1 saturated carbocycles. The molecule has 23 heavy (non-hydrogen) atoms. The number of rotatable bonds is 5. The van der Waals surface area contributed by atoms with Crippen LogP contribution in [0.25, 0.3) is 6.08 Å². The van der Waals surface area contributed by atoms with Crippen molar-refractivity contribution in [3.05, 3.63) is 41.5 Å². The normalized spacial score (nSPS) is 28.7. The van der Waals surface area contributed by atoms with Crippen molar-refractivity contribution in [3.8, 4) is 0 Å². The van der Waals surface area contributed by atoms with Crippen molar-refractivity contribution in [2.24, 2.45) is 11.8 Å². The van der Waals surface area contributed by atoms with Crippen LogP contribution in [0.4, 0.5) is 0 Å². The molecule has 1 aromatic rings. The van der Waals surface area contributed by atoms with Crippen molar-refractivity contribution in [1.29, 1.82) is 0 Å². The Morgan fingerprint density at radius 3 is 2.43 bits per heavy atom. The molecule has 0 bridgehead atoms. The molecule has 0 saturated heterocycles. The van der Waals surface area contributed by atoms with E-state index in [4.69, 9.17) is 10.2 Å². The second-order valence-corrected chi connectivity index (χ2v) is 6.23. The fourth-order valence-corrected chi connectivity index (χ4v) is 3.09. The van der Waals surface area contributed by atoms with E-state index in [1.165, 1.54) is 0 Å². The van der Waals surface area contributed by atoms with Crippen LogP contribution in [-0.4, -0.2) is 38.6 Å². The van der Waals surface area contributed by atoms with Gasteiger partial charge in [0, 0.05) is 5.92 Å². The first kappa shape index (κ1) is 17.7. The zero-order chi connectivity index (χ0) is 16.8. The van der Waals surface area contributed by atoms with Gasteiger partial charge in [0.15, 0.2) is 0 Å². The second-order valence-electron chi connectivity index (χ2n) is 6.23. The lowest BCUT2D eigenvalue weighted by atomic mass is 9.90. The monoisotopic (exact) mass is 320 g/mol. The first-order valence-corrected chi connectivity index (χ1v) is 7.95. The summed E-state index contributed by atoms with van der Waals surface area (Å²) in [4.78, 5) is 10.9. The molecular weight excluding hydrogens is 296 g/mol. The summed E-state index contributed by atoms with van der Waals surface area (Å²) in [6.07, 6.45) is 3.85. The number of aliphatic hydroxyl groups is 3. The van der Waals surface area contributed by atoms with Gasteiger partial charge in [0.05, 0.1) is 25.2 Å². The molecule has 4 N–H and O–H groups in total. The van der Waals surface area contributed by atoms with Crippen LogP contribution >= 0.6 is 0 Å². The highest BCUT2D eigenvalue weighted by atomic mass is 16.4. The van der Waals surface area contributed by atoms with Crippen LogP contribution in [0.3, 0.4) is 0 Å². The molecule has 1 aromatic carbocycles. The Morgan fingerprint density at radius 1 is 1.13 bits per heavy atom. The van der Waals surface area contributed by atoms with Gasteiger partial charge in [-0.15, -0.1) is 0 Å². The number of benzene rings is 1. The zero-order valence-corrected chi connectivity index (χ0v) is 13.0. The van der Waals surface area contributed by atoms with Gasteiger partial charge in [-0.05, 0) is 36.3 Å². The maximum atomic E-state index is 10.9. The Kier molecular flexibility index (Phi) is 6.33. The quantitative estimate of drug-likeness (QED) is 0.620. The first-order chi connectivity index (χ1) is 11.0. The molecule has 1 aliphatic carbocycles. The van der Waals surface area contributed by atoms with E-state index in [1.807, 2.05) is 36.4 Å². The van der Waals surface area contributed by atoms with Crippen molar-refractivity contribution < 1.29 is 25.2 Å². The van der Waals surface area contributed by atoms with E-state index >= 15 is 0 Å². The Labute approximate surface area is 135 Å². The smallest absolute Gasteiger partial charge is 0.303 e. The second kappa shape index (κ2) is 8.24. The van der Waals surface area contributed by atoms with E-state index in [9.17, 15) is 15.0 Å². The highest BCUT2D eigenvalue weighted by molar-refractivity contribution is 5.67. The first-order valence-electron chi connectivity index (χ1n) is 7.95. The number of carboxylic acid groups (broad SMARTS) is 1. The van der Waals surface area contributed by atoms with Gasteiger partial charge < -0.3 is 20.4 Å². The standard InChI is InChI=1S/C18H24O5/c19-11-14-5-2-12(3-6-14)1-4-13-7-8-16(20)15(10-18(22)23)17(21)9-13/h1-6,13,15-17,19-21H,7-11H2,(H,22,23)/b4-1+. The van der Waals surface area contributed by atoms with Gasteiger partial charge in [-0.1, -0.05) is 36.4 Å². The maximum absolute atomic E-state index is 10.9. The molecule has 5 heteroatoms. The van der Waals surface area contributed by atoms with Crippen molar-refractivity contribution in [2.75, 3.05) is 0 Å². The molecule has 0 radical (unpaired) electrons. The summed E-state index contributed by atoms with van der Waals surface area (Å²) in [6.45, 7) is 0.0155. The van der Waals surface area contributed by atoms with E-state index in [2.05, 4.69) is 0 Å². The SMILES string of the molecule is O=C(O)CC1C(O)CCC(/C=C/c2ccc(CO)cc2)CC1O. The van der Waals surface area contributed by atoms with Crippen molar-refractivity contribution in [1.82, 2.24) is 0 Å². The molecule has 2 rings (SSSR count). The molecule has 4 unspecified atom stereocenters. The summed E-state index contributed by atoms with van der Waals surface area (Å²) >= 11 is 0. The summed E-state index contributed by atoms with van der Waals surface area (Å²) in [6, 6.07) is 7.54.